The Kier molecular flexibility index (Phi) is 3.63. The molecule has 6 nitrogen and oxygen atoms in total. The fourth-order valence-electron chi connectivity index (χ4n) is 1.94. The molecule has 0 saturated heterocycles. The van der Waals surface area contributed by atoms with Crippen molar-refractivity contribution in [3.8, 4) is 0 Å². The molecule has 17 heavy (non-hydrogen) atoms. The Labute approximate surface area is 101 Å². The molecular formula is C11H20N6. The highest BCUT2D eigenvalue weighted by Gasteiger charge is 2.27. The fourth-order valence-corrected chi connectivity index (χ4v) is 1.94. The Hall–Kier alpha value is -1.56. The van der Waals surface area contributed by atoms with E-state index in [2.05, 4.69) is 27.1 Å². The number of aromatic nitrogens is 2. The van der Waals surface area contributed by atoms with Crippen LogP contribution in [0.25, 0.3) is 0 Å². The highest BCUT2D eigenvalue weighted by atomic mass is 15.2. The number of hydrogen-bond donors (Lipinski definition) is 3. The topological polar surface area (TPSA) is 93.1 Å². The molecule has 0 aromatic carbocycles. The standard InChI is InChI=1S/C11H20N6/c1-2-17(8-3-4-8)6-5-14-10-7-9(12)15-11(13)16-10/h7-8H,2-6H2,1H3,(H5,12,13,14,15,16). The summed E-state index contributed by atoms with van der Waals surface area (Å²) in [5, 5.41) is 3.22. The number of nitrogens with zero attached hydrogens (tertiary/aromatic N) is 3. The van der Waals surface area contributed by atoms with Crippen LogP contribution in [0, 0.1) is 0 Å². The number of hydrogen-bond acceptors (Lipinski definition) is 6. The second kappa shape index (κ2) is 5.18. The number of nitrogen functional groups attached to an aromatic ring is 2. The van der Waals surface area contributed by atoms with Crippen molar-refractivity contribution in [2.24, 2.45) is 0 Å². The van der Waals surface area contributed by atoms with Gasteiger partial charge in [0.2, 0.25) is 5.95 Å². The summed E-state index contributed by atoms with van der Waals surface area (Å²) in [5.41, 5.74) is 11.1. The van der Waals surface area contributed by atoms with Crippen LogP contribution in [0.4, 0.5) is 17.6 Å². The van der Waals surface area contributed by atoms with E-state index in [1.807, 2.05) is 0 Å². The van der Waals surface area contributed by atoms with Crippen molar-refractivity contribution in [2.45, 2.75) is 25.8 Å². The minimum Gasteiger partial charge on any atom is -0.383 e. The van der Waals surface area contributed by atoms with Gasteiger partial charge in [0.1, 0.15) is 11.6 Å². The molecule has 0 atom stereocenters. The molecule has 0 amide bonds. The molecule has 5 N–H and O–H groups in total. The van der Waals surface area contributed by atoms with E-state index in [1.165, 1.54) is 12.8 Å². The number of likely N-dealkylation sites (N-methyl/N-ethyl adjacent to an activating group) is 1. The second-order valence-electron chi connectivity index (χ2n) is 4.32. The molecule has 0 unspecified atom stereocenters. The van der Waals surface area contributed by atoms with Crippen LogP contribution in [0.3, 0.4) is 0 Å². The monoisotopic (exact) mass is 236 g/mol. The maximum Gasteiger partial charge on any atom is 0.223 e. The highest BCUT2D eigenvalue weighted by molar-refractivity contribution is 5.48. The Bertz CT molecular complexity index is 356. The largest absolute Gasteiger partial charge is 0.383 e. The molecule has 1 aromatic rings. The molecule has 1 heterocycles. The van der Waals surface area contributed by atoms with Crippen molar-refractivity contribution in [2.75, 3.05) is 36.4 Å². The molecule has 1 saturated carbocycles. The lowest BCUT2D eigenvalue weighted by molar-refractivity contribution is 0.289. The molecule has 1 aliphatic rings. The van der Waals surface area contributed by atoms with Gasteiger partial charge in [-0.2, -0.15) is 9.97 Å². The van der Waals surface area contributed by atoms with Gasteiger partial charge in [-0.05, 0) is 19.4 Å². The summed E-state index contributed by atoms with van der Waals surface area (Å²) in [5.74, 6) is 1.30. The normalized spacial score (nSPS) is 15.2. The van der Waals surface area contributed by atoms with Crippen LogP contribution in [-0.2, 0) is 0 Å². The smallest absolute Gasteiger partial charge is 0.223 e. The third kappa shape index (κ3) is 3.45. The van der Waals surface area contributed by atoms with Gasteiger partial charge in [-0.25, -0.2) is 0 Å². The van der Waals surface area contributed by atoms with Gasteiger partial charge in [0, 0.05) is 25.2 Å². The zero-order chi connectivity index (χ0) is 12.3. The highest BCUT2D eigenvalue weighted by Crippen LogP contribution is 2.25. The van der Waals surface area contributed by atoms with Crippen LogP contribution in [-0.4, -0.2) is 40.5 Å². The molecule has 94 valence electrons. The maximum absolute atomic E-state index is 5.59. The minimum atomic E-state index is 0.210. The van der Waals surface area contributed by atoms with E-state index in [-0.39, 0.29) is 5.95 Å². The summed E-state index contributed by atoms with van der Waals surface area (Å²) in [6.07, 6.45) is 2.67. The van der Waals surface area contributed by atoms with Gasteiger partial charge >= 0.3 is 0 Å². The van der Waals surface area contributed by atoms with E-state index < -0.39 is 0 Å². The minimum absolute atomic E-state index is 0.210. The third-order valence-electron chi connectivity index (χ3n) is 2.94. The van der Waals surface area contributed by atoms with Crippen LogP contribution >= 0.6 is 0 Å². The molecule has 1 aliphatic carbocycles. The van der Waals surface area contributed by atoms with Crippen LogP contribution < -0.4 is 16.8 Å². The first kappa shape index (κ1) is 11.9. The first-order chi connectivity index (χ1) is 8.19. The number of nitrogens with one attached hydrogen (secondary N) is 1. The first-order valence-corrected chi connectivity index (χ1v) is 6.07. The third-order valence-corrected chi connectivity index (χ3v) is 2.94. The Morgan fingerprint density at radius 3 is 2.76 bits per heavy atom. The van der Waals surface area contributed by atoms with Crippen LogP contribution in [0.5, 0.6) is 0 Å². The molecule has 2 rings (SSSR count). The summed E-state index contributed by atoms with van der Waals surface area (Å²) in [6.45, 7) is 5.16. The first-order valence-electron chi connectivity index (χ1n) is 6.07. The van der Waals surface area contributed by atoms with Gasteiger partial charge < -0.3 is 16.8 Å². The quantitative estimate of drug-likeness (QED) is 0.667. The maximum atomic E-state index is 5.59. The Morgan fingerprint density at radius 1 is 1.41 bits per heavy atom. The molecule has 1 aromatic heterocycles. The van der Waals surface area contributed by atoms with Crippen LogP contribution in [0.15, 0.2) is 6.07 Å². The van der Waals surface area contributed by atoms with Crippen molar-refractivity contribution in [1.82, 2.24) is 14.9 Å². The zero-order valence-electron chi connectivity index (χ0n) is 10.2. The molecular weight excluding hydrogens is 216 g/mol. The predicted octanol–water partition coefficient (Wildman–Crippen LogP) is 0.537. The number of rotatable bonds is 6. The summed E-state index contributed by atoms with van der Waals surface area (Å²) in [4.78, 5) is 10.4. The lowest BCUT2D eigenvalue weighted by atomic mass is 10.4. The zero-order valence-corrected chi connectivity index (χ0v) is 10.2. The van der Waals surface area contributed by atoms with E-state index in [1.54, 1.807) is 6.07 Å². The van der Waals surface area contributed by atoms with Crippen LogP contribution in [0.2, 0.25) is 0 Å². The SMILES string of the molecule is CCN(CCNc1cc(N)nc(N)n1)C1CC1. The summed E-state index contributed by atoms with van der Waals surface area (Å²) < 4.78 is 0. The molecule has 0 aliphatic heterocycles. The Balaban J connectivity index is 1.80. The molecule has 0 spiro atoms. The lowest BCUT2D eigenvalue weighted by Crippen LogP contribution is -2.31. The predicted molar refractivity (Wildman–Crippen MR) is 69.6 cm³/mol. The average molecular weight is 236 g/mol. The summed E-state index contributed by atoms with van der Waals surface area (Å²) >= 11 is 0. The van der Waals surface area contributed by atoms with Gasteiger partial charge in [-0.15, -0.1) is 0 Å². The van der Waals surface area contributed by atoms with Gasteiger partial charge in [0.15, 0.2) is 0 Å². The second-order valence-corrected chi connectivity index (χ2v) is 4.32. The van der Waals surface area contributed by atoms with Gasteiger partial charge in [-0.3, -0.25) is 4.90 Å². The van der Waals surface area contributed by atoms with E-state index >= 15 is 0 Å². The molecule has 0 bridgehead atoms. The van der Waals surface area contributed by atoms with Crippen molar-refractivity contribution in [1.29, 1.82) is 0 Å². The van der Waals surface area contributed by atoms with E-state index in [0.717, 1.165) is 25.7 Å². The van der Waals surface area contributed by atoms with Crippen molar-refractivity contribution in [3.05, 3.63) is 6.07 Å². The summed E-state index contributed by atoms with van der Waals surface area (Å²) in [7, 11) is 0. The van der Waals surface area contributed by atoms with Gasteiger partial charge in [0.25, 0.3) is 0 Å². The average Bonchev–Trinajstić information content (AvgIpc) is 3.07. The lowest BCUT2D eigenvalue weighted by Gasteiger charge is -2.19. The summed E-state index contributed by atoms with van der Waals surface area (Å²) in [6, 6.07) is 2.49. The van der Waals surface area contributed by atoms with Gasteiger partial charge in [0.05, 0.1) is 0 Å². The number of nitrogens with two attached hydrogens (primary N) is 2. The fraction of sp³-hybridized carbons (Fsp3) is 0.636. The number of anilines is 3. The molecule has 0 radical (unpaired) electrons. The van der Waals surface area contributed by atoms with E-state index in [9.17, 15) is 0 Å². The molecule has 1 fully saturated rings. The van der Waals surface area contributed by atoms with Crippen molar-refractivity contribution in [3.63, 3.8) is 0 Å². The van der Waals surface area contributed by atoms with E-state index in [0.29, 0.717) is 11.6 Å². The van der Waals surface area contributed by atoms with Crippen molar-refractivity contribution >= 4 is 17.6 Å². The van der Waals surface area contributed by atoms with Gasteiger partial charge in [-0.1, -0.05) is 6.92 Å². The molecule has 6 heteroatoms. The van der Waals surface area contributed by atoms with Crippen LogP contribution in [0.1, 0.15) is 19.8 Å². The van der Waals surface area contributed by atoms with Crippen molar-refractivity contribution < 1.29 is 0 Å². The van der Waals surface area contributed by atoms with E-state index in [4.69, 9.17) is 11.5 Å². The Morgan fingerprint density at radius 2 is 2.18 bits per heavy atom.